The molecule has 0 atom stereocenters. The predicted octanol–water partition coefficient (Wildman–Crippen LogP) is 4.02. The molecular formula is C26H26N6O4S2. The average molecular weight is 551 g/mol. The van der Waals surface area contributed by atoms with E-state index in [4.69, 9.17) is 9.47 Å². The van der Waals surface area contributed by atoms with Crippen molar-refractivity contribution in [2.24, 2.45) is 7.05 Å². The molecule has 0 aliphatic heterocycles. The molecule has 4 aromatic rings. The quantitative estimate of drug-likeness (QED) is 0.212. The van der Waals surface area contributed by atoms with Gasteiger partial charge in [0.25, 0.3) is 0 Å². The van der Waals surface area contributed by atoms with Gasteiger partial charge in [0.05, 0.1) is 32.2 Å². The van der Waals surface area contributed by atoms with Crippen molar-refractivity contribution in [1.82, 2.24) is 25.1 Å². The fourth-order valence-electron chi connectivity index (χ4n) is 3.34. The van der Waals surface area contributed by atoms with E-state index in [-0.39, 0.29) is 24.1 Å². The van der Waals surface area contributed by atoms with Crippen molar-refractivity contribution in [3.63, 3.8) is 0 Å². The van der Waals surface area contributed by atoms with Gasteiger partial charge in [-0.1, -0.05) is 48.2 Å². The van der Waals surface area contributed by atoms with Gasteiger partial charge in [-0.25, -0.2) is 4.98 Å². The predicted molar refractivity (Wildman–Crippen MR) is 148 cm³/mol. The minimum atomic E-state index is -0.283. The molecule has 38 heavy (non-hydrogen) atoms. The molecule has 0 fully saturated rings. The molecule has 2 N–H and O–H groups in total. The molecule has 2 heterocycles. The molecule has 2 aromatic heterocycles. The van der Waals surface area contributed by atoms with E-state index < -0.39 is 0 Å². The number of nitrogens with zero attached hydrogens (tertiary/aromatic N) is 4. The van der Waals surface area contributed by atoms with Crippen LogP contribution in [0.25, 0.3) is 17.3 Å². The summed E-state index contributed by atoms with van der Waals surface area (Å²) < 4.78 is 12.2. The molecule has 4 rings (SSSR count). The number of carbonyl (C=O) groups excluding carboxylic acids is 2. The lowest BCUT2D eigenvalue weighted by Gasteiger charge is -2.07. The third-order valence-electron chi connectivity index (χ3n) is 5.33. The molecule has 196 valence electrons. The van der Waals surface area contributed by atoms with Crippen molar-refractivity contribution in [1.29, 1.82) is 0 Å². The summed E-state index contributed by atoms with van der Waals surface area (Å²) >= 11 is 2.63. The maximum absolute atomic E-state index is 12.4. The summed E-state index contributed by atoms with van der Waals surface area (Å²) in [4.78, 5) is 29.2. The van der Waals surface area contributed by atoms with Gasteiger partial charge in [-0.15, -0.1) is 21.5 Å². The highest BCUT2D eigenvalue weighted by Crippen LogP contribution is 2.28. The molecule has 0 saturated heterocycles. The van der Waals surface area contributed by atoms with Crippen LogP contribution in [0.4, 0.5) is 5.13 Å². The van der Waals surface area contributed by atoms with E-state index in [0.29, 0.717) is 27.6 Å². The van der Waals surface area contributed by atoms with Crippen molar-refractivity contribution < 1.29 is 19.1 Å². The maximum atomic E-state index is 12.4. The van der Waals surface area contributed by atoms with E-state index in [1.807, 2.05) is 41.8 Å². The topological polar surface area (TPSA) is 120 Å². The Morgan fingerprint density at radius 2 is 1.87 bits per heavy atom. The Hall–Kier alpha value is -4.16. The Morgan fingerprint density at radius 3 is 2.63 bits per heavy atom. The first-order valence-corrected chi connectivity index (χ1v) is 13.3. The average Bonchev–Trinajstić information content (AvgIpc) is 3.55. The second kappa shape index (κ2) is 12.9. The molecule has 0 radical (unpaired) electrons. The number of nitrogens with one attached hydrogen (secondary N) is 2. The van der Waals surface area contributed by atoms with Crippen LogP contribution in [0.1, 0.15) is 11.4 Å². The van der Waals surface area contributed by atoms with E-state index in [9.17, 15) is 9.59 Å². The standard InChI is InChI=1S/C26H26N6O4S2/c1-32-22(14-27-23(33)12-10-17-9-11-20(35-2)21(13-17)36-3)30-31-26(32)38-16-24(34)29-25-28-19(15-37-25)18-7-5-4-6-8-18/h4-13,15H,14,16H2,1-3H3,(H,27,33)(H,28,29,34). The first-order valence-electron chi connectivity index (χ1n) is 11.5. The molecule has 0 aliphatic carbocycles. The molecule has 0 unspecified atom stereocenters. The van der Waals surface area contributed by atoms with Crippen molar-refractivity contribution in [2.75, 3.05) is 25.3 Å². The Balaban J connectivity index is 1.25. The normalized spacial score (nSPS) is 10.9. The summed E-state index contributed by atoms with van der Waals surface area (Å²) in [5.74, 6) is 1.43. The van der Waals surface area contributed by atoms with Crippen LogP contribution in [0, 0.1) is 0 Å². The van der Waals surface area contributed by atoms with E-state index in [1.54, 1.807) is 44.0 Å². The van der Waals surface area contributed by atoms with Crippen LogP contribution in [0.5, 0.6) is 11.5 Å². The van der Waals surface area contributed by atoms with Gasteiger partial charge in [0.2, 0.25) is 11.8 Å². The van der Waals surface area contributed by atoms with Crippen molar-refractivity contribution in [3.8, 4) is 22.8 Å². The van der Waals surface area contributed by atoms with Crippen LogP contribution in [-0.2, 0) is 23.2 Å². The number of aromatic nitrogens is 4. The number of anilines is 1. The number of benzene rings is 2. The SMILES string of the molecule is COc1ccc(C=CC(=O)NCc2nnc(SCC(=O)Nc3nc(-c4ccccc4)cs3)n2C)cc1OC. The molecule has 0 bridgehead atoms. The molecule has 12 heteroatoms. The summed E-state index contributed by atoms with van der Waals surface area (Å²) in [5.41, 5.74) is 2.60. The van der Waals surface area contributed by atoms with Crippen LogP contribution in [0.15, 0.2) is 65.1 Å². The Kier molecular flexibility index (Phi) is 9.11. The van der Waals surface area contributed by atoms with Crippen LogP contribution >= 0.6 is 23.1 Å². The van der Waals surface area contributed by atoms with Gasteiger partial charge in [0, 0.05) is 24.1 Å². The lowest BCUT2D eigenvalue weighted by Crippen LogP contribution is -2.22. The maximum Gasteiger partial charge on any atom is 0.244 e. The highest BCUT2D eigenvalue weighted by atomic mass is 32.2. The molecule has 2 amide bonds. The van der Waals surface area contributed by atoms with Gasteiger partial charge in [-0.3, -0.25) is 9.59 Å². The van der Waals surface area contributed by atoms with E-state index in [2.05, 4.69) is 25.8 Å². The van der Waals surface area contributed by atoms with E-state index in [1.165, 1.54) is 29.2 Å². The van der Waals surface area contributed by atoms with E-state index in [0.717, 1.165) is 16.8 Å². The number of hydrogen-bond acceptors (Lipinski definition) is 9. The van der Waals surface area contributed by atoms with Gasteiger partial charge < -0.3 is 24.7 Å². The zero-order valence-electron chi connectivity index (χ0n) is 21.0. The van der Waals surface area contributed by atoms with Gasteiger partial charge in [-0.2, -0.15) is 0 Å². The first kappa shape index (κ1) is 26.9. The van der Waals surface area contributed by atoms with Crippen molar-refractivity contribution in [2.45, 2.75) is 11.7 Å². The fraction of sp³-hybridized carbons (Fsp3) is 0.192. The number of thiazole rings is 1. The molecule has 0 aliphatic rings. The van der Waals surface area contributed by atoms with Crippen LogP contribution in [0.3, 0.4) is 0 Å². The summed E-state index contributed by atoms with van der Waals surface area (Å²) in [7, 11) is 4.91. The number of ether oxygens (including phenoxy) is 2. The second-order valence-corrected chi connectivity index (χ2v) is 9.66. The molecular weight excluding hydrogens is 524 g/mol. The van der Waals surface area contributed by atoms with Crippen LogP contribution in [0.2, 0.25) is 0 Å². The minimum Gasteiger partial charge on any atom is -0.493 e. The van der Waals surface area contributed by atoms with Gasteiger partial charge >= 0.3 is 0 Å². The number of thioether (sulfide) groups is 1. The molecule has 10 nitrogen and oxygen atoms in total. The largest absolute Gasteiger partial charge is 0.493 e. The number of methoxy groups -OCH3 is 2. The molecule has 2 aromatic carbocycles. The summed E-state index contributed by atoms with van der Waals surface area (Å²) in [6.45, 7) is 0.187. The fourth-order valence-corrected chi connectivity index (χ4v) is 4.80. The molecule has 0 spiro atoms. The lowest BCUT2D eigenvalue weighted by molar-refractivity contribution is -0.116. The highest BCUT2D eigenvalue weighted by molar-refractivity contribution is 7.99. The second-order valence-electron chi connectivity index (χ2n) is 7.86. The third kappa shape index (κ3) is 6.99. The van der Waals surface area contributed by atoms with Crippen LogP contribution in [-0.4, -0.2) is 51.5 Å². The van der Waals surface area contributed by atoms with Crippen molar-refractivity contribution in [3.05, 3.63) is 71.4 Å². The number of carbonyl (C=O) groups is 2. The van der Waals surface area contributed by atoms with E-state index >= 15 is 0 Å². The zero-order chi connectivity index (χ0) is 26.9. The van der Waals surface area contributed by atoms with Crippen LogP contribution < -0.4 is 20.1 Å². The minimum absolute atomic E-state index is 0.145. The summed E-state index contributed by atoms with van der Waals surface area (Å²) in [6.07, 6.45) is 3.11. The van der Waals surface area contributed by atoms with Gasteiger partial charge in [0.15, 0.2) is 27.6 Å². The third-order valence-corrected chi connectivity index (χ3v) is 7.11. The zero-order valence-corrected chi connectivity index (χ0v) is 22.6. The number of amides is 2. The van der Waals surface area contributed by atoms with Gasteiger partial charge in [0.1, 0.15) is 0 Å². The highest BCUT2D eigenvalue weighted by Gasteiger charge is 2.13. The summed E-state index contributed by atoms with van der Waals surface area (Å²) in [6, 6.07) is 15.2. The number of rotatable bonds is 11. The van der Waals surface area contributed by atoms with Gasteiger partial charge in [-0.05, 0) is 23.8 Å². The first-order chi connectivity index (χ1) is 18.5. The number of hydrogen-bond donors (Lipinski definition) is 2. The van der Waals surface area contributed by atoms with Crippen molar-refractivity contribution >= 4 is 46.1 Å². The smallest absolute Gasteiger partial charge is 0.244 e. The monoisotopic (exact) mass is 550 g/mol. The Morgan fingerprint density at radius 1 is 1.08 bits per heavy atom. The molecule has 0 saturated carbocycles. The Bertz CT molecular complexity index is 1430. The summed E-state index contributed by atoms with van der Waals surface area (Å²) in [5, 5.41) is 16.9. The Labute approximate surface area is 228 Å². The lowest BCUT2D eigenvalue weighted by atomic mass is 10.2.